The Morgan fingerprint density at radius 3 is 2.29 bits per heavy atom. The molecule has 1 fully saturated rings. The molecule has 0 amide bonds. The summed E-state index contributed by atoms with van der Waals surface area (Å²) in [5, 5.41) is -0.393. The molecule has 1 saturated heterocycles. The van der Waals surface area contributed by atoms with Crippen molar-refractivity contribution in [2.45, 2.75) is 44.4 Å². The summed E-state index contributed by atoms with van der Waals surface area (Å²) in [4.78, 5) is 2.40. The third kappa shape index (κ3) is 4.53. The molecule has 0 aliphatic carbocycles. The maximum absolute atomic E-state index is 12.0. The molecule has 21 heavy (non-hydrogen) atoms. The van der Waals surface area contributed by atoms with Crippen LogP contribution in [0.3, 0.4) is 0 Å². The monoisotopic (exact) mass is 310 g/mol. The van der Waals surface area contributed by atoms with Crippen LogP contribution in [-0.4, -0.2) is 38.2 Å². The van der Waals surface area contributed by atoms with Gasteiger partial charge in [-0.3, -0.25) is 4.90 Å². The van der Waals surface area contributed by atoms with Crippen LogP contribution in [0.25, 0.3) is 0 Å². The highest BCUT2D eigenvalue weighted by atomic mass is 32.2. The fourth-order valence-corrected chi connectivity index (χ4v) is 3.45. The fraction of sp³-hybridized carbons (Fsp3) is 0.625. The molecule has 1 aliphatic rings. The van der Waals surface area contributed by atoms with Gasteiger partial charge in [-0.15, -0.1) is 0 Å². The highest BCUT2D eigenvalue weighted by molar-refractivity contribution is 7.90. The summed E-state index contributed by atoms with van der Waals surface area (Å²) in [6.45, 7) is 5.96. The van der Waals surface area contributed by atoms with Crippen molar-refractivity contribution in [1.29, 1.82) is 0 Å². The average Bonchev–Trinajstić information content (AvgIpc) is 2.49. The van der Waals surface area contributed by atoms with Crippen molar-refractivity contribution >= 4 is 10.0 Å². The minimum absolute atomic E-state index is 0.125. The molecule has 118 valence electrons. The van der Waals surface area contributed by atoms with Gasteiger partial charge in [0.2, 0.25) is 10.0 Å². The summed E-state index contributed by atoms with van der Waals surface area (Å²) >= 11 is 0. The van der Waals surface area contributed by atoms with E-state index in [1.807, 2.05) is 18.2 Å². The van der Waals surface area contributed by atoms with Crippen molar-refractivity contribution in [2.24, 2.45) is 0 Å². The molecule has 0 radical (unpaired) electrons. The van der Waals surface area contributed by atoms with Crippen LogP contribution in [0.15, 0.2) is 30.3 Å². The Morgan fingerprint density at radius 1 is 1.10 bits per heavy atom. The predicted octanol–water partition coefficient (Wildman–Crippen LogP) is 2.54. The quantitative estimate of drug-likeness (QED) is 0.878. The van der Waals surface area contributed by atoms with Gasteiger partial charge in [-0.1, -0.05) is 36.8 Å². The molecule has 0 saturated carbocycles. The number of rotatable bonds is 6. The summed E-state index contributed by atoms with van der Waals surface area (Å²) < 4.78 is 26.8. The van der Waals surface area contributed by atoms with Gasteiger partial charge in [0.1, 0.15) is 0 Å². The van der Waals surface area contributed by atoms with Gasteiger partial charge >= 0.3 is 0 Å². The maximum atomic E-state index is 12.0. The van der Waals surface area contributed by atoms with Crippen molar-refractivity contribution in [1.82, 2.24) is 9.62 Å². The minimum Gasteiger partial charge on any atom is -0.295 e. The van der Waals surface area contributed by atoms with E-state index in [1.54, 1.807) is 13.8 Å². The largest absolute Gasteiger partial charge is 0.295 e. The number of hydrogen-bond donors (Lipinski definition) is 1. The van der Waals surface area contributed by atoms with Crippen molar-refractivity contribution in [3.05, 3.63) is 35.9 Å². The van der Waals surface area contributed by atoms with E-state index in [0.29, 0.717) is 6.54 Å². The van der Waals surface area contributed by atoms with E-state index in [2.05, 4.69) is 21.8 Å². The van der Waals surface area contributed by atoms with Crippen molar-refractivity contribution in [2.75, 3.05) is 19.6 Å². The Hall–Kier alpha value is -0.910. The van der Waals surface area contributed by atoms with Gasteiger partial charge in [0.25, 0.3) is 0 Å². The van der Waals surface area contributed by atoms with E-state index in [0.717, 1.165) is 13.1 Å². The van der Waals surface area contributed by atoms with Crippen molar-refractivity contribution in [3.8, 4) is 0 Å². The first kappa shape index (κ1) is 16.5. The van der Waals surface area contributed by atoms with Crippen LogP contribution in [0, 0.1) is 0 Å². The SMILES string of the molecule is CC(C)S(=O)(=O)NCC(c1ccccc1)N1CCCCC1. The number of nitrogens with zero attached hydrogens (tertiary/aromatic N) is 1. The van der Waals surface area contributed by atoms with Crippen molar-refractivity contribution < 1.29 is 8.42 Å². The van der Waals surface area contributed by atoms with Gasteiger partial charge in [0.15, 0.2) is 0 Å². The molecule has 2 rings (SSSR count). The first-order valence-electron chi connectivity index (χ1n) is 7.78. The second kappa shape index (κ2) is 7.38. The number of sulfonamides is 1. The van der Waals surface area contributed by atoms with Gasteiger partial charge in [0, 0.05) is 12.6 Å². The standard InChI is InChI=1S/C16H26N2O2S/c1-14(2)21(19,20)17-13-16(15-9-5-3-6-10-15)18-11-7-4-8-12-18/h3,5-6,9-10,14,16-17H,4,7-8,11-13H2,1-2H3. The Balaban J connectivity index is 2.12. The molecular weight excluding hydrogens is 284 g/mol. The summed E-state index contributed by atoms with van der Waals surface area (Å²) in [6, 6.07) is 10.3. The average molecular weight is 310 g/mol. The van der Waals surface area contributed by atoms with E-state index >= 15 is 0 Å². The summed E-state index contributed by atoms with van der Waals surface area (Å²) in [6.07, 6.45) is 3.66. The molecule has 0 aromatic heterocycles. The molecule has 1 N–H and O–H groups in total. The van der Waals surface area contributed by atoms with Gasteiger partial charge in [-0.05, 0) is 45.3 Å². The lowest BCUT2D eigenvalue weighted by atomic mass is 10.0. The Labute approximate surface area is 128 Å². The first-order chi connectivity index (χ1) is 10.0. The van der Waals surface area contributed by atoms with Crippen molar-refractivity contribution in [3.63, 3.8) is 0 Å². The highest BCUT2D eigenvalue weighted by Crippen LogP contribution is 2.24. The van der Waals surface area contributed by atoms with E-state index in [1.165, 1.54) is 24.8 Å². The van der Waals surface area contributed by atoms with E-state index in [4.69, 9.17) is 0 Å². The lowest BCUT2D eigenvalue weighted by Gasteiger charge is -2.35. The van der Waals surface area contributed by atoms with Crippen LogP contribution >= 0.6 is 0 Å². The normalized spacial score (nSPS) is 18.8. The van der Waals surface area contributed by atoms with E-state index < -0.39 is 15.3 Å². The Kier molecular flexibility index (Phi) is 5.79. The van der Waals surface area contributed by atoms with Gasteiger partial charge in [-0.25, -0.2) is 13.1 Å². The predicted molar refractivity (Wildman–Crippen MR) is 86.7 cm³/mol. The number of hydrogen-bond acceptors (Lipinski definition) is 3. The van der Waals surface area contributed by atoms with Crippen LogP contribution in [0.1, 0.15) is 44.7 Å². The van der Waals surface area contributed by atoms with Gasteiger partial charge < -0.3 is 0 Å². The molecule has 1 aromatic rings. The molecule has 5 heteroatoms. The van der Waals surface area contributed by atoms with Crippen LogP contribution in [0.2, 0.25) is 0 Å². The lowest BCUT2D eigenvalue weighted by Crippen LogP contribution is -2.42. The Bertz CT molecular complexity index is 522. The topological polar surface area (TPSA) is 49.4 Å². The minimum atomic E-state index is -3.22. The van der Waals surface area contributed by atoms with E-state index in [9.17, 15) is 8.42 Å². The third-order valence-corrected chi connectivity index (χ3v) is 5.92. The van der Waals surface area contributed by atoms with Crippen LogP contribution < -0.4 is 4.72 Å². The van der Waals surface area contributed by atoms with Gasteiger partial charge in [-0.2, -0.15) is 0 Å². The Morgan fingerprint density at radius 2 is 1.71 bits per heavy atom. The zero-order valence-corrected chi connectivity index (χ0v) is 13.8. The molecule has 1 aliphatic heterocycles. The zero-order chi connectivity index (χ0) is 15.3. The second-order valence-electron chi connectivity index (χ2n) is 5.97. The maximum Gasteiger partial charge on any atom is 0.213 e. The number of piperidine rings is 1. The summed E-state index contributed by atoms with van der Waals surface area (Å²) in [5.74, 6) is 0. The zero-order valence-electron chi connectivity index (χ0n) is 13.0. The van der Waals surface area contributed by atoms with Crippen LogP contribution in [0.4, 0.5) is 0 Å². The van der Waals surface area contributed by atoms with Crippen LogP contribution in [-0.2, 0) is 10.0 Å². The second-order valence-corrected chi connectivity index (χ2v) is 8.29. The van der Waals surface area contributed by atoms with E-state index in [-0.39, 0.29) is 6.04 Å². The first-order valence-corrected chi connectivity index (χ1v) is 9.33. The van der Waals surface area contributed by atoms with Gasteiger partial charge in [0.05, 0.1) is 5.25 Å². The molecule has 1 unspecified atom stereocenters. The molecule has 0 spiro atoms. The summed E-state index contributed by atoms with van der Waals surface area (Å²) in [5.41, 5.74) is 1.19. The molecule has 1 aromatic carbocycles. The molecule has 4 nitrogen and oxygen atoms in total. The fourth-order valence-electron chi connectivity index (χ4n) is 2.72. The lowest BCUT2D eigenvalue weighted by molar-refractivity contribution is 0.164. The molecule has 0 bridgehead atoms. The molecule has 1 atom stereocenters. The highest BCUT2D eigenvalue weighted by Gasteiger charge is 2.24. The third-order valence-electron chi connectivity index (χ3n) is 4.11. The smallest absolute Gasteiger partial charge is 0.213 e. The van der Waals surface area contributed by atoms with Crippen LogP contribution in [0.5, 0.6) is 0 Å². The summed E-state index contributed by atoms with van der Waals surface area (Å²) in [7, 11) is -3.22. The number of benzene rings is 1. The number of nitrogens with one attached hydrogen (secondary N) is 1. The molecular formula is C16H26N2O2S. The molecule has 1 heterocycles. The number of likely N-dealkylation sites (tertiary alicyclic amines) is 1.